The van der Waals surface area contributed by atoms with Crippen molar-refractivity contribution in [2.45, 2.75) is 154 Å². The molecule has 3 unspecified atom stereocenters. The Labute approximate surface area is 299 Å². The van der Waals surface area contributed by atoms with Crippen molar-refractivity contribution in [1.82, 2.24) is 5.32 Å². The number of allylic oxidation sites excluding steroid dienone is 12. The summed E-state index contributed by atoms with van der Waals surface area (Å²) in [4.78, 5) is 22.6. The number of carbonyl (C=O) groups excluding carboxylic acids is 1. The maximum Gasteiger partial charge on any atom is 0.472 e. The molecule has 0 saturated carbocycles. The molecule has 0 fully saturated rings. The van der Waals surface area contributed by atoms with E-state index in [4.69, 9.17) is 14.8 Å². The normalized spacial score (nSPS) is 15.1. The van der Waals surface area contributed by atoms with Gasteiger partial charge in [-0.1, -0.05) is 157 Å². The molecular weight excluding hydrogens is 635 g/mol. The van der Waals surface area contributed by atoms with Crippen LogP contribution < -0.4 is 11.1 Å². The summed E-state index contributed by atoms with van der Waals surface area (Å²) in [6, 6.07) is -0.817. The number of aliphatic hydroxyl groups excluding tert-OH is 1. The van der Waals surface area contributed by atoms with Gasteiger partial charge in [-0.2, -0.15) is 0 Å². The number of phosphoric acid groups is 1. The Morgan fingerprint density at radius 3 is 1.61 bits per heavy atom. The second-order valence-corrected chi connectivity index (χ2v) is 13.9. The molecule has 0 radical (unpaired) electrons. The van der Waals surface area contributed by atoms with Crippen LogP contribution in [0.3, 0.4) is 0 Å². The van der Waals surface area contributed by atoms with Crippen LogP contribution in [-0.2, 0) is 18.4 Å². The van der Waals surface area contributed by atoms with E-state index in [1.165, 1.54) is 51.4 Å². The van der Waals surface area contributed by atoms with Gasteiger partial charge in [0.2, 0.25) is 5.91 Å². The van der Waals surface area contributed by atoms with Gasteiger partial charge in [-0.25, -0.2) is 4.57 Å². The van der Waals surface area contributed by atoms with Gasteiger partial charge >= 0.3 is 7.82 Å². The van der Waals surface area contributed by atoms with Crippen LogP contribution in [0.4, 0.5) is 0 Å². The lowest BCUT2D eigenvalue weighted by Gasteiger charge is -2.25. The van der Waals surface area contributed by atoms with E-state index in [2.05, 4.69) is 79.9 Å². The molecule has 0 aliphatic rings. The predicted molar refractivity (Wildman–Crippen MR) is 207 cm³/mol. The number of nitrogens with one attached hydrogen (secondary N) is 1. The molecule has 0 aliphatic carbocycles. The smallest absolute Gasteiger partial charge is 0.391 e. The van der Waals surface area contributed by atoms with Gasteiger partial charge in [0.1, 0.15) is 0 Å². The van der Waals surface area contributed by atoms with Gasteiger partial charge in [0, 0.05) is 13.0 Å². The third-order valence-corrected chi connectivity index (χ3v) is 8.82. The second-order valence-electron chi connectivity index (χ2n) is 12.4. The van der Waals surface area contributed by atoms with Crippen LogP contribution in [0.25, 0.3) is 0 Å². The minimum Gasteiger partial charge on any atom is -0.391 e. The Kier molecular flexibility index (Phi) is 34.3. The van der Waals surface area contributed by atoms with Crippen molar-refractivity contribution in [3.63, 3.8) is 0 Å². The quantitative estimate of drug-likeness (QED) is 0.0298. The highest BCUT2D eigenvalue weighted by Gasteiger charge is 2.27. The molecule has 0 rings (SSSR count). The van der Waals surface area contributed by atoms with Crippen LogP contribution in [0.5, 0.6) is 0 Å². The largest absolute Gasteiger partial charge is 0.472 e. The molecule has 5 N–H and O–H groups in total. The predicted octanol–water partition coefficient (Wildman–Crippen LogP) is 10.1. The molecule has 8 nitrogen and oxygen atoms in total. The van der Waals surface area contributed by atoms with Crippen LogP contribution >= 0.6 is 7.82 Å². The molecule has 0 aromatic carbocycles. The molecule has 0 heterocycles. The number of aliphatic hydroxyl groups is 1. The van der Waals surface area contributed by atoms with E-state index >= 15 is 0 Å². The summed E-state index contributed by atoms with van der Waals surface area (Å²) < 4.78 is 22.0. The van der Waals surface area contributed by atoms with Crippen molar-refractivity contribution in [2.75, 3.05) is 19.8 Å². The number of nitrogens with two attached hydrogens (primary N) is 1. The molecule has 282 valence electrons. The summed E-state index contributed by atoms with van der Waals surface area (Å²) in [5.41, 5.74) is 5.35. The summed E-state index contributed by atoms with van der Waals surface area (Å²) in [5, 5.41) is 13.6. The van der Waals surface area contributed by atoms with Crippen molar-refractivity contribution in [2.24, 2.45) is 5.73 Å². The number of hydrogen-bond donors (Lipinski definition) is 4. The van der Waals surface area contributed by atoms with E-state index in [1.807, 2.05) is 12.2 Å². The molecule has 0 saturated heterocycles. The Morgan fingerprint density at radius 1 is 0.694 bits per heavy atom. The van der Waals surface area contributed by atoms with Crippen LogP contribution in [-0.4, -0.2) is 47.8 Å². The first-order valence-electron chi connectivity index (χ1n) is 19.1. The molecule has 0 bridgehead atoms. The lowest BCUT2D eigenvalue weighted by Crippen LogP contribution is -2.46. The third-order valence-electron chi connectivity index (χ3n) is 7.84. The van der Waals surface area contributed by atoms with Crippen LogP contribution in [0.2, 0.25) is 0 Å². The number of phosphoric ester groups is 1. The van der Waals surface area contributed by atoms with Gasteiger partial charge in [0.05, 0.1) is 25.4 Å². The monoisotopic (exact) mass is 707 g/mol. The molecule has 1 amide bonds. The van der Waals surface area contributed by atoms with Crippen molar-refractivity contribution in [3.05, 3.63) is 72.9 Å². The van der Waals surface area contributed by atoms with Gasteiger partial charge in [-0.15, -0.1) is 0 Å². The maximum absolute atomic E-state index is 12.7. The summed E-state index contributed by atoms with van der Waals surface area (Å²) in [7, 11) is -4.33. The first-order valence-corrected chi connectivity index (χ1v) is 20.5. The fourth-order valence-electron chi connectivity index (χ4n) is 4.98. The zero-order valence-corrected chi connectivity index (χ0v) is 31.8. The Balaban J connectivity index is 4.40. The Hall–Kier alpha value is -2.06. The van der Waals surface area contributed by atoms with E-state index in [0.717, 1.165) is 57.8 Å². The first kappa shape index (κ1) is 46.9. The molecule has 0 aliphatic heterocycles. The minimum absolute atomic E-state index is 0.0736. The van der Waals surface area contributed by atoms with Gasteiger partial charge in [0.25, 0.3) is 0 Å². The average Bonchev–Trinajstić information content (AvgIpc) is 3.09. The number of hydrogen-bond acceptors (Lipinski definition) is 6. The summed E-state index contributed by atoms with van der Waals surface area (Å²) in [6.07, 6.45) is 44.9. The van der Waals surface area contributed by atoms with E-state index in [9.17, 15) is 19.4 Å². The van der Waals surface area contributed by atoms with Crippen LogP contribution in [0, 0.1) is 0 Å². The summed E-state index contributed by atoms with van der Waals surface area (Å²) >= 11 is 0. The van der Waals surface area contributed by atoms with Crippen molar-refractivity contribution in [1.29, 1.82) is 0 Å². The van der Waals surface area contributed by atoms with E-state index in [-0.39, 0.29) is 32.1 Å². The van der Waals surface area contributed by atoms with Gasteiger partial charge in [-0.3, -0.25) is 13.8 Å². The number of rotatable bonds is 34. The molecule has 49 heavy (non-hydrogen) atoms. The minimum atomic E-state index is -4.33. The lowest BCUT2D eigenvalue weighted by atomic mass is 10.0. The van der Waals surface area contributed by atoms with Crippen molar-refractivity contribution >= 4 is 13.7 Å². The standard InChI is InChI=1S/C40H71N2O6P/c1-3-5-7-9-11-13-15-16-17-18-19-20-21-22-24-26-28-30-32-34-40(44)42-38(37-48-49(45,46)47-36-35-41)39(43)33-31-29-27-25-23-14-12-10-8-6-4-2/h5,7,11,13,16-17,19-20,22,24,28,30,38-39,43H,3-4,6,8-10,12,14-15,18,21,23,25-27,29,31-37,41H2,1-2H3,(H,42,44)(H,45,46)/b7-5-,13-11-,17-16-,20-19-,24-22-,30-28-. The molecular formula is C40H71N2O6P. The van der Waals surface area contributed by atoms with E-state index in [0.29, 0.717) is 12.8 Å². The highest BCUT2D eigenvalue weighted by Crippen LogP contribution is 2.43. The van der Waals surface area contributed by atoms with E-state index < -0.39 is 20.0 Å². The third kappa shape index (κ3) is 34.2. The highest BCUT2D eigenvalue weighted by atomic mass is 31.2. The molecule has 3 atom stereocenters. The van der Waals surface area contributed by atoms with Crippen LogP contribution in [0.15, 0.2) is 72.9 Å². The molecule has 0 spiro atoms. The highest BCUT2D eigenvalue weighted by molar-refractivity contribution is 7.47. The average molecular weight is 707 g/mol. The summed E-state index contributed by atoms with van der Waals surface area (Å²) in [5.74, 6) is -0.248. The van der Waals surface area contributed by atoms with Crippen molar-refractivity contribution < 1.29 is 28.4 Å². The van der Waals surface area contributed by atoms with Gasteiger partial charge in [0.15, 0.2) is 0 Å². The lowest BCUT2D eigenvalue weighted by molar-refractivity contribution is -0.123. The molecule has 0 aromatic heterocycles. The SMILES string of the molecule is CC/C=C\C/C=C\C/C=C\C/C=C\C/C=C\C/C=C\CCC(=O)NC(COP(=O)(O)OCCN)C(O)CCCCCCCCCCCCC. The Morgan fingerprint density at radius 2 is 1.14 bits per heavy atom. The molecule has 9 heteroatoms. The fourth-order valence-corrected chi connectivity index (χ4v) is 5.74. The van der Waals surface area contributed by atoms with Gasteiger partial charge in [-0.05, 0) is 51.4 Å². The topological polar surface area (TPSA) is 131 Å². The molecule has 0 aromatic rings. The number of amides is 1. The zero-order valence-electron chi connectivity index (χ0n) is 30.9. The first-order chi connectivity index (χ1) is 23.9. The zero-order chi connectivity index (χ0) is 36.1. The number of carbonyl (C=O) groups is 1. The maximum atomic E-state index is 12.7. The summed E-state index contributed by atoms with van der Waals surface area (Å²) in [6.45, 7) is 3.99. The van der Waals surface area contributed by atoms with Gasteiger partial charge < -0.3 is 21.1 Å². The fraction of sp³-hybridized carbons (Fsp3) is 0.675. The van der Waals surface area contributed by atoms with Crippen molar-refractivity contribution in [3.8, 4) is 0 Å². The van der Waals surface area contributed by atoms with E-state index in [1.54, 1.807) is 0 Å². The van der Waals surface area contributed by atoms with Crippen LogP contribution in [0.1, 0.15) is 142 Å². The number of unbranched alkanes of at least 4 members (excludes halogenated alkanes) is 10. The Bertz CT molecular complexity index is 991. The second kappa shape index (κ2) is 35.8.